The standard InChI is InChI=1S/C8H15N3O/c1-6(10)7(4-9)8-5-11-2-3-12-8/h4,8-9,11H,2-3,5,10H2,1H3/b7-6+,9-4?. The summed E-state index contributed by atoms with van der Waals surface area (Å²) in [5.74, 6) is 0. The number of nitrogens with two attached hydrogens (primary N) is 1. The van der Waals surface area contributed by atoms with Gasteiger partial charge in [-0.05, 0) is 6.92 Å². The molecule has 1 fully saturated rings. The van der Waals surface area contributed by atoms with Crippen molar-refractivity contribution in [2.45, 2.75) is 13.0 Å². The van der Waals surface area contributed by atoms with E-state index in [9.17, 15) is 0 Å². The molecule has 0 aromatic heterocycles. The molecule has 1 aliphatic heterocycles. The minimum atomic E-state index is -0.0405. The number of hydrogen-bond donors (Lipinski definition) is 3. The van der Waals surface area contributed by atoms with Gasteiger partial charge in [-0.1, -0.05) is 0 Å². The van der Waals surface area contributed by atoms with E-state index in [0.717, 1.165) is 18.7 Å². The van der Waals surface area contributed by atoms with Crippen LogP contribution in [0.15, 0.2) is 11.3 Å². The molecule has 0 bridgehead atoms. The monoisotopic (exact) mass is 169 g/mol. The van der Waals surface area contributed by atoms with Crippen LogP contribution in [-0.4, -0.2) is 32.0 Å². The summed E-state index contributed by atoms with van der Waals surface area (Å²) in [5, 5.41) is 10.3. The molecule has 1 atom stereocenters. The van der Waals surface area contributed by atoms with E-state index < -0.39 is 0 Å². The Morgan fingerprint density at radius 1 is 1.75 bits per heavy atom. The Labute approximate surface area is 72.3 Å². The summed E-state index contributed by atoms with van der Waals surface area (Å²) in [7, 11) is 0. The van der Waals surface area contributed by atoms with Crippen molar-refractivity contribution < 1.29 is 4.74 Å². The lowest BCUT2D eigenvalue weighted by molar-refractivity contribution is 0.0550. The van der Waals surface area contributed by atoms with Gasteiger partial charge >= 0.3 is 0 Å². The van der Waals surface area contributed by atoms with Gasteiger partial charge in [0.2, 0.25) is 0 Å². The number of hydrogen-bond acceptors (Lipinski definition) is 4. The van der Waals surface area contributed by atoms with Gasteiger partial charge in [0, 0.05) is 30.6 Å². The van der Waals surface area contributed by atoms with E-state index in [1.165, 1.54) is 6.21 Å². The summed E-state index contributed by atoms with van der Waals surface area (Å²) in [6.45, 7) is 4.11. The van der Waals surface area contributed by atoms with Crippen LogP contribution in [0.4, 0.5) is 0 Å². The van der Waals surface area contributed by atoms with Gasteiger partial charge in [-0.25, -0.2) is 0 Å². The Morgan fingerprint density at radius 3 is 2.92 bits per heavy atom. The van der Waals surface area contributed by atoms with Gasteiger partial charge in [-0.3, -0.25) is 0 Å². The summed E-state index contributed by atoms with van der Waals surface area (Å²) in [6.07, 6.45) is 1.23. The van der Waals surface area contributed by atoms with Gasteiger partial charge in [0.15, 0.2) is 0 Å². The second-order valence-corrected chi connectivity index (χ2v) is 2.85. The Morgan fingerprint density at radius 2 is 2.50 bits per heavy atom. The van der Waals surface area contributed by atoms with Crippen LogP contribution in [0.3, 0.4) is 0 Å². The van der Waals surface area contributed by atoms with Crippen molar-refractivity contribution in [1.29, 1.82) is 5.41 Å². The Kier molecular flexibility index (Phi) is 3.25. The smallest absolute Gasteiger partial charge is 0.0980 e. The van der Waals surface area contributed by atoms with Crippen molar-refractivity contribution in [3.05, 3.63) is 11.3 Å². The van der Waals surface area contributed by atoms with E-state index in [2.05, 4.69) is 5.32 Å². The fourth-order valence-corrected chi connectivity index (χ4v) is 1.23. The number of allylic oxidation sites excluding steroid dienone is 1. The first-order valence-corrected chi connectivity index (χ1v) is 4.04. The lowest BCUT2D eigenvalue weighted by Gasteiger charge is -2.24. The fraction of sp³-hybridized carbons (Fsp3) is 0.625. The Balaban J connectivity index is 2.65. The van der Waals surface area contributed by atoms with Crippen LogP contribution >= 0.6 is 0 Å². The molecular weight excluding hydrogens is 154 g/mol. The zero-order valence-corrected chi connectivity index (χ0v) is 7.26. The van der Waals surface area contributed by atoms with Crippen LogP contribution in [0, 0.1) is 5.41 Å². The molecule has 0 radical (unpaired) electrons. The topological polar surface area (TPSA) is 71.1 Å². The van der Waals surface area contributed by atoms with Gasteiger partial charge in [0.05, 0.1) is 12.7 Å². The highest BCUT2D eigenvalue weighted by Crippen LogP contribution is 2.08. The highest BCUT2D eigenvalue weighted by atomic mass is 16.5. The fourth-order valence-electron chi connectivity index (χ4n) is 1.23. The van der Waals surface area contributed by atoms with Gasteiger partial charge < -0.3 is 21.2 Å². The molecule has 0 spiro atoms. The highest BCUT2D eigenvalue weighted by molar-refractivity contribution is 5.78. The van der Waals surface area contributed by atoms with E-state index in [1.807, 2.05) is 0 Å². The summed E-state index contributed by atoms with van der Waals surface area (Å²) in [6, 6.07) is 0. The zero-order valence-electron chi connectivity index (χ0n) is 7.26. The zero-order chi connectivity index (χ0) is 8.97. The van der Waals surface area contributed by atoms with Crippen molar-refractivity contribution in [2.75, 3.05) is 19.7 Å². The Hall–Kier alpha value is -0.870. The summed E-state index contributed by atoms with van der Waals surface area (Å²) < 4.78 is 5.44. The predicted molar refractivity (Wildman–Crippen MR) is 48.3 cm³/mol. The molecule has 1 aliphatic rings. The highest BCUT2D eigenvalue weighted by Gasteiger charge is 2.17. The van der Waals surface area contributed by atoms with Crippen molar-refractivity contribution >= 4 is 6.21 Å². The maximum absolute atomic E-state index is 7.16. The molecule has 0 aromatic rings. The third-order valence-corrected chi connectivity index (χ3v) is 1.89. The minimum Gasteiger partial charge on any atom is -0.402 e. The molecule has 1 unspecified atom stereocenters. The van der Waals surface area contributed by atoms with Crippen LogP contribution in [-0.2, 0) is 4.74 Å². The molecule has 12 heavy (non-hydrogen) atoms. The van der Waals surface area contributed by atoms with Gasteiger partial charge in [0.1, 0.15) is 0 Å². The maximum atomic E-state index is 7.16. The van der Waals surface area contributed by atoms with Crippen LogP contribution in [0.5, 0.6) is 0 Å². The van der Waals surface area contributed by atoms with E-state index in [0.29, 0.717) is 12.3 Å². The predicted octanol–water partition coefficient (Wildman–Crippen LogP) is -0.143. The van der Waals surface area contributed by atoms with E-state index in [-0.39, 0.29) is 6.10 Å². The summed E-state index contributed by atoms with van der Waals surface area (Å²) >= 11 is 0. The van der Waals surface area contributed by atoms with Crippen molar-refractivity contribution in [2.24, 2.45) is 5.73 Å². The van der Waals surface area contributed by atoms with Crippen LogP contribution in [0.2, 0.25) is 0 Å². The molecule has 1 saturated heterocycles. The minimum absolute atomic E-state index is 0.0405. The molecule has 4 nitrogen and oxygen atoms in total. The quantitative estimate of drug-likeness (QED) is 0.504. The second kappa shape index (κ2) is 4.23. The summed E-state index contributed by atoms with van der Waals surface area (Å²) in [5.41, 5.74) is 7.04. The first kappa shape index (κ1) is 9.22. The van der Waals surface area contributed by atoms with E-state index in [4.69, 9.17) is 15.9 Å². The Bertz CT molecular complexity index is 190. The number of morpholine rings is 1. The molecule has 4 N–H and O–H groups in total. The van der Waals surface area contributed by atoms with Gasteiger partial charge in [-0.15, -0.1) is 0 Å². The van der Waals surface area contributed by atoms with E-state index in [1.54, 1.807) is 6.92 Å². The lowest BCUT2D eigenvalue weighted by atomic mass is 10.1. The molecule has 0 aliphatic carbocycles. The van der Waals surface area contributed by atoms with Crippen molar-refractivity contribution in [3.63, 3.8) is 0 Å². The average molecular weight is 169 g/mol. The molecule has 0 amide bonds. The number of nitrogens with one attached hydrogen (secondary N) is 2. The number of rotatable bonds is 2. The third-order valence-electron chi connectivity index (χ3n) is 1.89. The third kappa shape index (κ3) is 2.06. The van der Waals surface area contributed by atoms with Gasteiger partial charge in [0.25, 0.3) is 0 Å². The maximum Gasteiger partial charge on any atom is 0.0980 e. The first-order chi connectivity index (χ1) is 5.75. The van der Waals surface area contributed by atoms with Crippen LogP contribution in [0.25, 0.3) is 0 Å². The lowest BCUT2D eigenvalue weighted by Crippen LogP contribution is -2.40. The molecule has 1 heterocycles. The largest absolute Gasteiger partial charge is 0.402 e. The molecule has 4 heteroatoms. The van der Waals surface area contributed by atoms with Crippen LogP contribution in [0.1, 0.15) is 6.92 Å². The van der Waals surface area contributed by atoms with Crippen molar-refractivity contribution in [3.8, 4) is 0 Å². The molecule has 1 rings (SSSR count). The first-order valence-electron chi connectivity index (χ1n) is 4.04. The molecule has 68 valence electrons. The second-order valence-electron chi connectivity index (χ2n) is 2.85. The average Bonchev–Trinajstić information content (AvgIpc) is 2.07. The molecular formula is C8H15N3O. The van der Waals surface area contributed by atoms with Crippen molar-refractivity contribution in [1.82, 2.24) is 5.32 Å². The molecule has 0 aromatic carbocycles. The summed E-state index contributed by atoms with van der Waals surface area (Å²) in [4.78, 5) is 0. The SMILES string of the molecule is C/C(N)=C(/C=N)C1CNCCO1. The van der Waals surface area contributed by atoms with Gasteiger partial charge in [-0.2, -0.15) is 0 Å². The normalized spacial score (nSPS) is 26.2. The van der Waals surface area contributed by atoms with E-state index >= 15 is 0 Å². The number of ether oxygens (including phenoxy) is 1. The molecule has 0 saturated carbocycles. The van der Waals surface area contributed by atoms with Crippen LogP contribution < -0.4 is 11.1 Å².